The van der Waals surface area contributed by atoms with Crippen LogP contribution >= 0.6 is 23.4 Å². The second kappa shape index (κ2) is 6.93. The minimum absolute atomic E-state index is 0.180. The highest BCUT2D eigenvalue weighted by Gasteiger charge is 2.15. The lowest BCUT2D eigenvalue weighted by Gasteiger charge is -2.13. The monoisotopic (exact) mass is 267 g/mol. The molecule has 1 aromatic carbocycles. The first-order valence-electron chi connectivity index (χ1n) is 5.83. The van der Waals surface area contributed by atoms with Gasteiger partial charge in [0.05, 0.1) is 11.5 Å². The molecule has 3 heteroatoms. The van der Waals surface area contributed by atoms with Gasteiger partial charge >= 0.3 is 0 Å². The Morgan fingerprint density at radius 2 is 2.12 bits per heavy atom. The van der Waals surface area contributed by atoms with Gasteiger partial charge in [-0.2, -0.15) is 5.26 Å². The number of hydrogen-bond acceptors (Lipinski definition) is 2. The van der Waals surface area contributed by atoms with Crippen molar-refractivity contribution in [3.8, 4) is 6.07 Å². The van der Waals surface area contributed by atoms with Gasteiger partial charge in [-0.25, -0.2) is 0 Å². The predicted molar refractivity (Wildman–Crippen MR) is 75.4 cm³/mol. The van der Waals surface area contributed by atoms with Gasteiger partial charge in [0.15, 0.2) is 0 Å². The summed E-state index contributed by atoms with van der Waals surface area (Å²) in [6.45, 7) is 3.99. The van der Waals surface area contributed by atoms with E-state index in [2.05, 4.69) is 12.1 Å². The quantitative estimate of drug-likeness (QED) is 0.526. The molecule has 0 amide bonds. The first-order valence-corrected chi connectivity index (χ1v) is 7.19. The van der Waals surface area contributed by atoms with Crippen molar-refractivity contribution < 1.29 is 0 Å². The number of halogens is 1. The third kappa shape index (κ3) is 6.00. The Morgan fingerprint density at radius 3 is 2.76 bits per heavy atom. The lowest BCUT2D eigenvalue weighted by Crippen LogP contribution is -2.07. The molecule has 1 rings (SSSR count). The summed E-state index contributed by atoms with van der Waals surface area (Å²) in [5.74, 6) is 1.09. The SMILES string of the molecule is CC(C)(C#N)CCCCSc1cccc(Cl)c1. The van der Waals surface area contributed by atoms with Crippen LogP contribution in [0.5, 0.6) is 0 Å². The van der Waals surface area contributed by atoms with Crippen LogP contribution in [0.25, 0.3) is 0 Å². The number of rotatable bonds is 6. The van der Waals surface area contributed by atoms with E-state index in [1.54, 1.807) is 0 Å². The van der Waals surface area contributed by atoms with Gasteiger partial charge in [-0.3, -0.25) is 0 Å². The second-order valence-corrected chi connectivity index (χ2v) is 6.36. The summed E-state index contributed by atoms with van der Waals surface area (Å²) in [6, 6.07) is 10.3. The van der Waals surface area contributed by atoms with Gasteiger partial charge < -0.3 is 0 Å². The van der Waals surface area contributed by atoms with Gasteiger partial charge in [0.2, 0.25) is 0 Å². The lowest BCUT2D eigenvalue weighted by atomic mass is 9.89. The van der Waals surface area contributed by atoms with Crippen LogP contribution in [0.3, 0.4) is 0 Å². The lowest BCUT2D eigenvalue weighted by molar-refractivity contribution is 0.433. The van der Waals surface area contributed by atoms with Gasteiger partial charge in [-0.05, 0) is 50.6 Å². The van der Waals surface area contributed by atoms with Crippen LogP contribution in [0.2, 0.25) is 5.02 Å². The highest BCUT2D eigenvalue weighted by molar-refractivity contribution is 7.99. The van der Waals surface area contributed by atoms with E-state index in [1.165, 1.54) is 4.90 Å². The molecular formula is C14H18ClNS. The van der Waals surface area contributed by atoms with E-state index in [1.807, 2.05) is 43.8 Å². The molecule has 0 saturated carbocycles. The third-order valence-electron chi connectivity index (χ3n) is 2.56. The summed E-state index contributed by atoms with van der Waals surface area (Å²) < 4.78 is 0. The summed E-state index contributed by atoms with van der Waals surface area (Å²) >= 11 is 7.74. The molecule has 0 heterocycles. The first kappa shape index (κ1) is 14.4. The van der Waals surface area contributed by atoms with Crippen LogP contribution < -0.4 is 0 Å². The van der Waals surface area contributed by atoms with Crippen LogP contribution in [0.1, 0.15) is 33.1 Å². The summed E-state index contributed by atoms with van der Waals surface area (Å²) in [6.07, 6.45) is 3.22. The fourth-order valence-corrected chi connectivity index (χ4v) is 2.70. The summed E-state index contributed by atoms with van der Waals surface area (Å²) in [5, 5.41) is 9.68. The number of nitrogens with zero attached hydrogens (tertiary/aromatic N) is 1. The normalized spacial score (nSPS) is 11.2. The average molecular weight is 268 g/mol. The molecule has 17 heavy (non-hydrogen) atoms. The molecule has 1 aromatic rings. The van der Waals surface area contributed by atoms with Gasteiger partial charge in [-0.1, -0.05) is 24.1 Å². The Bertz CT molecular complexity index is 395. The molecule has 0 saturated heterocycles. The topological polar surface area (TPSA) is 23.8 Å². The van der Waals surface area contributed by atoms with Crippen LogP contribution in [0.15, 0.2) is 29.2 Å². The standard InChI is InChI=1S/C14H18ClNS/c1-14(2,11-16)8-3-4-9-17-13-7-5-6-12(15)10-13/h5-7,10H,3-4,8-9H2,1-2H3. The number of unbranched alkanes of at least 4 members (excludes halogenated alkanes) is 1. The zero-order valence-electron chi connectivity index (χ0n) is 10.4. The Balaban J connectivity index is 2.19. The van der Waals surface area contributed by atoms with E-state index in [4.69, 9.17) is 16.9 Å². The zero-order chi connectivity index (χ0) is 12.7. The van der Waals surface area contributed by atoms with Crippen molar-refractivity contribution in [3.63, 3.8) is 0 Å². The summed E-state index contributed by atoms with van der Waals surface area (Å²) in [7, 11) is 0. The third-order valence-corrected chi connectivity index (χ3v) is 3.88. The second-order valence-electron chi connectivity index (χ2n) is 4.76. The molecule has 0 aliphatic carbocycles. The molecule has 0 aliphatic heterocycles. The molecule has 0 bridgehead atoms. The minimum atomic E-state index is -0.180. The molecule has 0 N–H and O–H groups in total. The van der Waals surface area contributed by atoms with E-state index in [-0.39, 0.29) is 5.41 Å². The van der Waals surface area contributed by atoms with Crippen molar-refractivity contribution in [2.45, 2.75) is 38.0 Å². The Morgan fingerprint density at radius 1 is 1.35 bits per heavy atom. The van der Waals surface area contributed by atoms with Crippen molar-refractivity contribution in [2.24, 2.45) is 5.41 Å². The Hall–Kier alpha value is -0.650. The van der Waals surface area contributed by atoms with E-state index in [0.29, 0.717) is 0 Å². The van der Waals surface area contributed by atoms with Crippen molar-refractivity contribution in [1.82, 2.24) is 0 Å². The molecule has 0 fully saturated rings. The maximum atomic E-state index is 8.89. The fourth-order valence-electron chi connectivity index (χ4n) is 1.47. The van der Waals surface area contributed by atoms with Crippen molar-refractivity contribution in [1.29, 1.82) is 5.26 Å². The molecule has 92 valence electrons. The maximum Gasteiger partial charge on any atom is 0.0683 e. The van der Waals surface area contributed by atoms with Crippen molar-refractivity contribution in [2.75, 3.05) is 5.75 Å². The largest absolute Gasteiger partial charge is 0.198 e. The average Bonchev–Trinajstić information content (AvgIpc) is 2.29. The number of benzene rings is 1. The maximum absolute atomic E-state index is 8.89. The highest BCUT2D eigenvalue weighted by atomic mass is 35.5. The molecule has 0 atom stereocenters. The molecule has 0 aromatic heterocycles. The van der Waals surface area contributed by atoms with Gasteiger partial charge in [0.25, 0.3) is 0 Å². The Kier molecular flexibility index (Phi) is 5.88. The van der Waals surface area contributed by atoms with Gasteiger partial charge in [-0.15, -0.1) is 11.8 Å². The van der Waals surface area contributed by atoms with Gasteiger partial charge in [0.1, 0.15) is 0 Å². The molecule has 0 aliphatic rings. The van der Waals surface area contributed by atoms with Gasteiger partial charge in [0, 0.05) is 9.92 Å². The molecule has 0 spiro atoms. The number of thioether (sulfide) groups is 1. The smallest absolute Gasteiger partial charge is 0.0683 e. The molecule has 1 nitrogen and oxygen atoms in total. The summed E-state index contributed by atoms with van der Waals surface area (Å²) in [4.78, 5) is 1.22. The predicted octanol–water partition coefficient (Wildman–Crippen LogP) is 5.15. The van der Waals surface area contributed by atoms with Crippen LogP contribution in [-0.2, 0) is 0 Å². The number of hydrogen-bond donors (Lipinski definition) is 0. The molecular weight excluding hydrogens is 250 g/mol. The minimum Gasteiger partial charge on any atom is -0.198 e. The fraction of sp³-hybridized carbons (Fsp3) is 0.500. The van der Waals surface area contributed by atoms with E-state index in [0.717, 1.165) is 30.0 Å². The van der Waals surface area contributed by atoms with E-state index >= 15 is 0 Å². The van der Waals surface area contributed by atoms with E-state index < -0.39 is 0 Å². The Labute approximate surface area is 113 Å². The van der Waals surface area contributed by atoms with Crippen molar-refractivity contribution >= 4 is 23.4 Å². The number of nitriles is 1. The highest BCUT2D eigenvalue weighted by Crippen LogP contribution is 2.25. The summed E-state index contributed by atoms with van der Waals surface area (Å²) in [5.41, 5.74) is -0.180. The zero-order valence-corrected chi connectivity index (χ0v) is 11.9. The first-order chi connectivity index (χ1) is 8.03. The molecule has 0 unspecified atom stereocenters. The van der Waals surface area contributed by atoms with E-state index in [9.17, 15) is 0 Å². The molecule has 0 radical (unpaired) electrons. The van der Waals surface area contributed by atoms with Crippen LogP contribution in [-0.4, -0.2) is 5.75 Å². The van der Waals surface area contributed by atoms with Crippen LogP contribution in [0.4, 0.5) is 0 Å². The van der Waals surface area contributed by atoms with Crippen LogP contribution in [0, 0.1) is 16.7 Å². The van der Waals surface area contributed by atoms with Crippen molar-refractivity contribution in [3.05, 3.63) is 29.3 Å².